The van der Waals surface area contributed by atoms with Crippen LogP contribution in [0.1, 0.15) is 34.0 Å². The lowest BCUT2D eigenvalue weighted by Gasteiger charge is -2.26. The number of ether oxygens (including phenoxy) is 1. The van der Waals surface area contributed by atoms with Gasteiger partial charge in [-0.2, -0.15) is 0 Å². The molecule has 0 saturated heterocycles. The summed E-state index contributed by atoms with van der Waals surface area (Å²) in [6.07, 6.45) is 1.52. The molecular weight excluding hydrogens is 405 g/mol. The summed E-state index contributed by atoms with van der Waals surface area (Å²) in [6.45, 7) is -0.259. The van der Waals surface area contributed by atoms with Crippen molar-refractivity contribution < 1.29 is 28.6 Å². The Morgan fingerprint density at radius 2 is 1.84 bits per heavy atom. The number of amides is 2. The van der Waals surface area contributed by atoms with Crippen LogP contribution in [-0.4, -0.2) is 34.1 Å². The van der Waals surface area contributed by atoms with E-state index in [2.05, 4.69) is 5.32 Å². The van der Waals surface area contributed by atoms with Crippen molar-refractivity contribution >= 4 is 23.5 Å². The molecule has 1 aliphatic heterocycles. The molecule has 0 fully saturated rings. The summed E-state index contributed by atoms with van der Waals surface area (Å²) < 4.78 is 20.3. The minimum Gasteiger partial charge on any atom is -0.484 e. The lowest BCUT2D eigenvalue weighted by molar-refractivity contribution is -0.120. The van der Waals surface area contributed by atoms with E-state index in [1.807, 2.05) is 0 Å². The second-order valence-electron chi connectivity index (χ2n) is 7.08. The quantitative estimate of drug-likeness (QED) is 0.562. The average Bonchev–Trinajstić information content (AvgIpc) is 3.12. The standard InChI is InChI=1S/C22H18FN3O5/c23-13-3-5-14(6-4-13)26-10-17(22(29)30)20-21(26)16(9-19(28)25-20)12-1-7-15(8-2-12)31-11-18(24)27/h1-8,10,16H,9,11H2,(H2,24,27)(H,25,28)(H,29,30). The highest BCUT2D eigenvalue weighted by Gasteiger charge is 2.34. The molecule has 0 aliphatic carbocycles. The number of fused-ring (bicyclic) bond motifs is 1. The van der Waals surface area contributed by atoms with Crippen LogP contribution in [0, 0.1) is 5.82 Å². The SMILES string of the molecule is NC(=O)COc1ccc(C2CC(=O)Nc3c(C(=O)O)cn(-c4ccc(F)cc4)c32)cc1. The van der Waals surface area contributed by atoms with E-state index in [0.29, 0.717) is 17.1 Å². The van der Waals surface area contributed by atoms with Gasteiger partial charge in [0.25, 0.3) is 5.91 Å². The molecule has 31 heavy (non-hydrogen) atoms. The fourth-order valence-corrected chi connectivity index (χ4v) is 3.67. The van der Waals surface area contributed by atoms with Gasteiger partial charge >= 0.3 is 5.97 Å². The smallest absolute Gasteiger partial charge is 0.339 e. The van der Waals surface area contributed by atoms with E-state index in [1.54, 1.807) is 28.8 Å². The molecule has 158 valence electrons. The lowest BCUT2D eigenvalue weighted by Crippen LogP contribution is -2.25. The molecular formula is C22H18FN3O5. The number of carbonyl (C=O) groups excluding carboxylic acids is 2. The molecule has 2 heterocycles. The summed E-state index contributed by atoms with van der Waals surface area (Å²) in [4.78, 5) is 35.1. The molecule has 0 spiro atoms. The molecule has 1 aromatic heterocycles. The number of carboxylic acid groups (broad SMARTS) is 1. The zero-order chi connectivity index (χ0) is 22.1. The Morgan fingerprint density at radius 3 is 2.45 bits per heavy atom. The van der Waals surface area contributed by atoms with Crippen LogP contribution in [0.5, 0.6) is 5.75 Å². The van der Waals surface area contributed by atoms with Crippen molar-refractivity contribution in [3.63, 3.8) is 0 Å². The maximum absolute atomic E-state index is 13.4. The number of nitrogens with zero attached hydrogens (tertiary/aromatic N) is 1. The molecule has 4 rings (SSSR count). The van der Waals surface area contributed by atoms with Crippen LogP contribution < -0.4 is 15.8 Å². The zero-order valence-corrected chi connectivity index (χ0v) is 16.2. The van der Waals surface area contributed by atoms with Crippen LogP contribution in [0.15, 0.2) is 54.7 Å². The van der Waals surface area contributed by atoms with Crippen LogP contribution >= 0.6 is 0 Å². The number of hydrogen-bond donors (Lipinski definition) is 3. The second kappa shape index (κ2) is 7.94. The molecule has 0 bridgehead atoms. The van der Waals surface area contributed by atoms with Crippen LogP contribution in [0.2, 0.25) is 0 Å². The van der Waals surface area contributed by atoms with Crippen molar-refractivity contribution in [2.24, 2.45) is 5.73 Å². The number of nitrogens with one attached hydrogen (secondary N) is 1. The van der Waals surface area contributed by atoms with Crippen molar-refractivity contribution in [2.75, 3.05) is 11.9 Å². The number of hydrogen-bond acceptors (Lipinski definition) is 4. The number of anilines is 1. The zero-order valence-electron chi connectivity index (χ0n) is 16.2. The van der Waals surface area contributed by atoms with Gasteiger partial charge in [-0.3, -0.25) is 9.59 Å². The Kier molecular flexibility index (Phi) is 5.16. The average molecular weight is 423 g/mol. The van der Waals surface area contributed by atoms with Crippen molar-refractivity contribution in [1.29, 1.82) is 0 Å². The van der Waals surface area contributed by atoms with E-state index in [9.17, 15) is 23.9 Å². The van der Waals surface area contributed by atoms with E-state index in [0.717, 1.165) is 5.56 Å². The molecule has 4 N–H and O–H groups in total. The first-order valence-corrected chi connectivity index (χ1v) is 9.39. The molecule has 1 atom stereocenters. The summed E-state index contributed by atoms with van der Waals surface area (Å²) in [5, 5.41) is 12.3. The van der Waals surface area contributed by atoms with Gasteiger partial charge < -0.3 is 25.5 Å². The molecule has 3 aromatic rings. The number of halogens is 1. The third-order valence-corrected chi connectivity index (χ3v) is 5.03. The Balaban J connectivity index is 1.80. The summed E-state index contributed by atoms with van der Waals surface area (Å²) in [7, 11) is 0. The normalized spacial score (nSPS) is 15.1. The van der Waals surface area contributed by atoms with Crippen molar-refractivity contribution in [3.8, 4) is 11.4 Å². The molecule has 2 aromatic carbocycles. The minimum atomic E-state index is -1.19. The highest BCUT2D eigenvalue weighted by molar-refractivity contribution is 6.04. The maximum atomic E-state index is 13.4. The fourth-order valence-electron chi connectivity index (χ4n) is 3.67. The van der Waals surface area contributed by atoms with Crippen LogP contribution in [0.25, 0.3) is 5.69 Å². The fraction of sp³-hybridized carbons (Fsp3) is 0.136. The van der Waals surface area contributed by atoms with Gasteiger partial charge in [0, 0.05) is 24.2 Å². The summed E-state index contributed by atoms with van der Waals surface area (Å²) in [5.41, 5.74) is 7.13. The van der Waals surface area contributed by atoms with Gasteiger partial charge in [-0.05, 0) is 42.0 Å². The number of nitrogens with two attached hydrogens (primary N) is 1. The van der Waals surface area contributed by atoms with E-state index in [1.165, 1.54) is 30.5 Å². The van der Waals surface area contributed by atoms with Gasteiger partial charge in [0.2, 0.25) is 5.91 Å². The summed E-state index contributed by atoms with van der Waals surface area (Å²) >= 11 is 0. The Hall–Kier alpha value is -4.14. The number of aromatic nitrogens is 1. The number of carbonyl (C=O) groups is 3. The summed E-state index contributed by atoms with van der Waals surface area (Å²) in [6, 6.07) is 12.4. The second-order valence-corrected chi connectivity index (χ2v) is 7.08. The van der Waals surface area contributed by atoms with Crippen LogP contribution in [0.4, 0.5) is 10.1 Å². The van der Waals surface area contributed by atoms with Gasteiger partial charge in [0.15, 0.2) is 6.61 Å². The monoisotopic (exact) mass is 423 g/mol. The predicted octanol–water partition coefficient (Wildman–Crippen LogP) is 2.65. The van der Waals surface area contributed by atoms with Crippen molar-refractivity contribution in [2.45, 2.75) is 12.3 Å². The molecule has 0 radical (unpaired) electrons. The Morgan fingerprint density at radius 1 is 1.16 bits per heavy atom. The molecule has 1 unspecified atom stereocenters. The topological polar surface area (TPSA) is 124 Å². The molecule has 8 nitrogen and oxygen atoms in total. The molecule has 1 aliphatic rings. The number of benzene rings is 2. The third-order valence-electron chi connectivity index (χ3n) is 5.03. The van der Waals surface area contributed by atoms with Crippen molar-refractivity contribution in [1.82, 2.24) is 4.57 Å². The number of aromatic carboxylic acids is 1. The van der Waals surface area contributed by atoms with Gasteiger partial charge in [-0.25, -0.2) is 9.18 Å². The van der Waals surface area contributed by atoms with Crippen LogP contribution in [0.3, 0.4) is 0 Å². The maximum Gasteiger partial charge on any atom is 0.339 e. The van der Waals surface area contributed by atoms with Crippen molar-refractivity contribution in [3.05, 3.63) is 77.4 Å². The van der Waals surface area contributed by atoms with E-state index in [4.69, 9.17) is 10.5 Å². The lowest BCUT2D eigenvalue weighted by atomic mass is 9.88. The number of rotatable bonds is 6. The third kappa shape index (κ3) is 3.97. The first-order valence-electron chi connectivity index (χ1n) is 9.39. The molecule has 0 saturated carbocycles. The Labute approximate surface area is 176 Å². The van der Waals surface area contributed by atoms with Gasteiger partial charge in [0.1, 0.15) is 17.1 Å². The molecule has 2 amide bonds. The largest absolute Gasteiger partial charge is 0.484 e. The van der Waals surface area contributed by atoms with E-state index < -0.39 is 23.6 Å². The number of primary amides is 1. The Bertz CT molecular complexity index is 1170. The highest BCUT2D eigenvalue weighted by atomic mass is 19.1. The van der Waals surface area contributed by atoms with E-state index in [-0.39, 0.29) is 30.2 Å². The van der Waals surface area contributed by atoms with Crippen LogP contribution in [-0.2, 0) is 9.59 Å². The molecule has 9 heteroatoms. The van der Waals surface area contributed by atoms with Gasteiger partial charge in [-0.15, -0.1) is 0 Å². The first kappa shape index (κ1) is 20.1. The highest BCUT2D eigenvalue weighted by Crippen LogP contribution is 2.41. The van der Waals surface area contributed by atoms with Gasteiger partial charge in [0.05, 0.1) is 11.4 Å². The number of carboxylic acids is 1. The summed E-state index contributed by atoms with van der Waals surface area (Å²) in [5.74, 6) is -2.54. The minimum absolute atomic E-state index is 0.0567. The van der Waals surface area contributed by atoms with E-state index >= 15 is 0 Å². The predicted molar refractivity (Wildman–Crippen MR) is 109 cm³/mol. The van der Waals surface area contributed by atoms with Gasteiger partial charge in [-0.1, -0.05) is 12.1 Å². The first-order chi connectivity index (χ1) is 14.8.